The SMILES string of the molecule is CC1C(=[Si](C)C)c2c(-c3ccc(C(C)(C)C)cc3)cccc2C1C1C=Cc2ccccc21. The summed E-state index contributed by atoms with van der Waals surface area (Å²) in [4.78, 5) is 0. The highest BCUT2D eigenvalue weighted by Gasteiger charge is 2.41. The molecule has 3 aromatic rings. The van der Waals surface area contributed by atoms with Gasteiger partial charge in [0.25, 0.3) is 0 Å². The molecule has 0 heterocycles. The number of benzene rings is 3. The highest BCUT2D eigenvalue weighted by atomic mass is 28.2. The van der Waals surface area contributed by atoms with Gasteiger partial charge in [-0.15, -0.1) is 0 Å². The van der Waals surface area contributed by atoms with E-state index in [1.165, 1.54) is 27.8 Å². The Bertz CT molecular complexity index is 1230. The summed E-state index contributed by atoms with van der Waals surface area (Å²) in [5.41, 5.74) is 10.4. The smallest absolute Gasteiger partial charge is 0.0102 e. The quantitative estimate of drug-likeness (QED) is 0.358. The number of rotatable bonds is 2. The van der Waals surface area contributed by atoms with E-state index >= 15 is 0 Å². The number of allylic oxidation sites excluding steroid dienone is 1. The molecule has 5 rings (SSSR count). The topological polar surface area (TPSA) is 0 Å². The van der Waals surface area contributed by atoms with Crippen LogP contribution in [0.25, 0.3) is 17.2 Å². The van der Waals surface area contributed by atoms with E-state index in [-0.39, 0.29) is 5.41 Å². The fourth-order valence-corrected chi connectivity index (χ4v) is 7.88. The van der Waals surface area contributed by atoms with E-state index in [0.717, 1.165) is 0 Å². The molecule has 0 saturated heterocycles. The van der Waals surface area contributed by atoms with E-state index in [2.05, 4.69) is 120 Å². The summed E-state index contributed by atoms with van der Waals surface area (Å²) in [6.07, 6.45) is 4.80. The van der Waals surface area contributed by atoms with Crippen LogP contribution in [-0.2, 0) is 5.41 Å². The van der Waals surface area contributed by atoms with Crippen LogP contribution in [0, 0.1) is 5.92 Å². The minimum atomic E-state index is -0.578. The predicted octanol–water partition coefficient (Wildman–Crippen LogP) is 8.05. The normalized spacial score (nSPS) is 21.6. The molecule has 0 N–H and O–H groups in total. The van der Waals surface area contributed by atoms with Crippen LogP contribution in [0.1, 0.15) is 67.3 Å². The van der Waals surface area contributed by atoms with Crippen LogP contribution in [0.4, 0.5) is 0 Å². The average Bonchev–Trinajstić information content (AvgIpc) is 3.30. The zero-order chi connectivity index (χ0) is 22.6. The Balaban J connectivity index is 1.67. The van der Waals surface area contributed by atoms with Crippen LogP contribution in [0.2, 0.25) is 13.1 Å². The Morgan fingerprint density at radius 3 is 2.16 bits per heavy atom. The van der Waals surface area contributed by atoms with Crippen molar-refractivity contribution in [3.63, 3.8) is 0 Å². The maximum absolute atomic E-state index is 2.49. The second-order valence-corrected chi connectivity index (χ2v) is 13.4. The molecule has 3 aromatic carbocycles. The molecular weight excluding hydrogens is 400 g/mol. The Labute approximate surface area is 195 Å². The third kappa shape index (κ3) is 3.38. The Morgan fingerprint density at radius 2 is 1.47 bits per heavy atom. The molecule has 0 aliphatic heterocycles. The Hall–Kier alpha value is -2.51. The number of hydrogen-bond donors (Lipinski definition) is 0. The van der Waals surface area contributed by atoms with Crippen molar-refractivity contribution in [2.45, 2.75) is 58.0 Å². The van der Waals surface area contributed by atoms with E-state index < -0.39 is 8.41 Å². The molecule has 0 aromatic heterocycles. The lowest BCUT2D eigenvalue weighted by atomic mass is 9.79. The lowest BCUT2D eigenvalue weighted by molar-refractivity contribution is 0.551. The molecule has 0 amide bonds. The molecule has 0 fully saturated rings. The molecule has 1 heteroatoms. The van der Waals surface area contributed by atoms with E-state index in [1.54, 1.807) is 16.3 Å². The molecule has 3 atom stereocenters. The van der Waals surface area contributed by atoms with Crippen molar-refractivity contribution in [1.29, 1.82) is 0 Å². The summed E-state index contributed by atoms with van der Waals surface area (Å²) in [6, 6.07) is 25.3. The summed E-state index contributed by atoms with van der Waals surface area (Å²) in [6.45, 7) is 14.3. The van der Waals surface area contributed by atoms with Crippen molar-refractivity contribution >= 4 is 19.7 Å². The molecule has 0 spiro atoms. The molecule has 3 unspecified atom stereocenters. The fourth-order valence-electron chi connectivity index (χ4n) is 6.02. The molecule has 32 heavy (non-hydrogen) atoms. The molecule has 2 aliphatic rings. The summed E-state index contributed by atoms with van der Waals surface area (Å²) in [5.74, 6) is 1.57. The lowest BCUT2D eigenvalue weighted by Crippen LogP contribution is -2.20. The Kier molecular flexibility index (Phi) is 5.21. The van der Waals surface area contributed by atoms with Gasteiger partial charge in [0.05, 0.1) is 0 Å². The van der Waals surface area contributed by atoms with Gasteiger partial charge in [-0.2, -0.15) is 0 Å². The first-order chi connectivity index (χ1) is 15.3. The van der Waals surface area contributed by atoms with Gasteiger partial charge in [-0.25, -0.2) is 0 Å². The zero-order valence-corrected chi connectivity index (χ0v) is 21.2. The van der Waals surface area contributed by atoms with Gasteiger partial charge in [0, 0.05) is 20.2 Å². The van der Waals surface area contributed by atoms with Crippen molar-refractivity contribution in [1.82, 2.24) is 0 Å². The van der Waals surface area contributed by atoms with Crippen LogP contribution in [0.3, 0.4) is 0 Å². The van der Waals surface area contributed by atoms with Crippen molar-refractivity contribution in [2.75, 3.05) is 0 Å². The summed E-state index contributed by atoms with van der Waals surface area (Å²) in [7, 11) is -0.578. The fraction of sp³-hybridized carbons (Fsp3) is 0.323. The number of hydrogen-bond acceptors (Lipinski definition) is 0. The highest BCUT2D eigenvalue weighted by molar-refractivity contribution is 6.73. The zero-order valence-electron chi connectivity index (χ0n) is 20.2. The summed E-state index contributed by atoms with van der Waals surface area (Å²) in [5, 5.41) is 1.73. The molecule has 0 nitrogen and oxygen atoms in total. The molecule has 0 bridgehead atoms. The van der Waals surface area contributed by atoms with Crippen molar-refractivity contribution < 1.29 is 0 Å². The minimum Gasteiger partial charge on any atom is -0.0757 e. The summed E-state index contributed by atoms with van der Waals surface area (Å²) < 4.78 is 0. The number of fused-ring (bicyclic) bond motifs is 2. The van der Waals surface area contributed by atoms with Crippen LogP contribution < -0.4 is 0 Å². The van der Waals surface area contributed by atoms with Crippen molar-refractivity contribution in [2.24, 2.45) is 5.92 Å². The highest BCUT2D eigenvalue weighted by Crippen LogP contribution is 2.52. The molecule has 0 saturated carbocycles. The van der Waals surface area contributed by atoms with Crippen LogP contribution in [0.15, 0.2) is 72.8 Å². The van der Waals surface area contributed by atoms with Crippen LogP contribution >= 0.6 is 0 Å². The predicted molar refractivity (Wildman–Crippen MR) is 142 cm³/mol. The Morgan fingerprint density at radius 1 is 0.781 bits per heavy atom. The maximum atomic E-state index is 2.49. The van der Waals surface area contributed by atoms with Crippen LogP contribution in [-0.4, -0.2) is 13.6 Å². The molecule has 2 aliphatic carbocycles. The van der Waals surface area contributed by atoms with E-state index in [9.17, 15) is 0 Å². The van der Waals surface area contributed by atoms with Gasteiger partial charge >= 0.3 is 0 Å². The largest absolute Gasteiger partial charge is 0.0757 e. The van der Waals surface area contributed by atoms with Gasteiger partial charge in [0.1, 0.15) is 0 Å². The van der Waals surface area contributed by atoms with Gasteiger partial charge in [0.2, 0.25) is 0 Å². The maximum Gasteiger partial charge on any atom is 0.0102 e. The van der Waals surface area contributed by atoms with Gasteiger partial charge in [-0.1, -0.05) is 125 Å². The van der Waals surface area contributed by atoms with Crippen molar-refractivity contribution in [3.05, 3.63) is 101 Å². The second-order valence-electron chi connectivity index (χ2n) is 10.8. The molecule has 0 radical (unpaired) electrons. The van der Waals surface area contributed by atoms with E-state index in [4.69, 9.17) is 0 Å². The van der Waals surface area contributed by atoms with E-state index in [1.807, 2.05) is 0 Å². The third-order valence-electron chi connectivity index (χ3n) is 7.54. The molecule has 162 valence electrons. The van der Waals surface area contributed by atoms with Gasteiger partial charge < -0.3 is 0 Å². The first-order valence-electron chi connectivity index (χ1n) is 12.0. The van der Waals surface area contributed by atoms with Gasteiger partial charge in [-0.3, -0.25) is 0 Å². The van der Waals surface area contributed by atoms with Crippen LogP contribution in [0.5, 0.6) is 0 Å². The van der Waals surface area contributed by atoms with E-state index in [0.29, 0.717) is 17.8 Å². The van der Waals surface area contributed by atoms with Crippen molar-refractivity contribution in [3.8, 4) is 11.1 Å². The minimum absolute atomic E-state index is 0.180. The first kappa shape index (κ1) is 21.3. The summed E-state index contributed by atoms with van der Waals surface area (Å²) >= 11 is 0. The monoisotopic (exact) mass is 434 g/mol. The van der Waals surface area contributed by atoms with Gasteiger partial charge in [-0.05, 0) is 50.3 Å². The molecular formula is C31H34Si. The third-order valence-corrected chi connectivity index (χ3v) is 9.33. The average molecular weight is 435 g/mol. The lowest BCUT2D eigenvalue weighted by Gasteiger charge is -2.25. The van der Waals surface area contributed by atoms with Gasteiger partial charge in [0.15, 0.2) is 0 Å². The standard InChI is InChI=1S/C31H34Si/c1-20-28(26-19-16-21-10-7-8-11-24(21)26)27-13-9-12-25(29(27)30(20)32(5)6)22-14-17-23(18-15-22)31(2,3)4/h7-20,26,28H,1-6H3. The second kappa shape index (κ2) is 7.81. The first-order valence-corrected chi connectivity index (χ1v) is 14.5.